The number of nitrogens with two attached hydrogens (primary N) is 1. The quantitative estimate of drug-likeness (QED) is 0.523. The lowest BCUT2D eigenvalue weighted by atomic mass is 9.53. The molecule has 9 heteroatoms. The molecule has 0 aromatic heterocycles. The first-order valence-corrected chi connectivity index (χ1v) is 11.4. The maximum atomic E-state index is 13.5. The Morgan fingerprint density at radius 2 is 1.79 bits per heavy atom. The van der Waals surface area contributed by atoms with E-state index in [1.165, 1.54) is 6.07 Å². The fourth-order valence-electron chi connectivity index (χ4n) is 5.94. The molecule has 0 saturated heterocycles. The SMILES string of the molecule is CC(C)CC(=O)Cc1ccc(O)c2c1C[C@H]1C[C@H]3CC(=O)C(C(N)=O)C(=O)[C@@]3(O)C(=O)C1C2=O. The summed E-state index contributed by atoms with van der Waals surface area (Å²) in [6, 6.07) is 2.89. The minimum Gasteiger partial charge on any atom is -0.507 e. The van der Waals surface area contributed by atoms with Crippen LogP contribution in [0.2, 0.25) is 0 Å². The number of benzene rings is 1. The molecule has 0 radical (unpaired) electrons. The zero-order valence-corrected chi connectivity index (χ0v) is 19.0. The molecule has 34 heavy (non-hydrogen) atoms. The van der Waals surface area contributed by atoms with Crippen LogP contribution in [0.25, 0.3) is 0 Å². The van der Waals surface area contributed by atoms with Crippen molar-refractivity contribution in [1.82, 2.24) is 0 Å². The Bertz CT molecular complexity index is 1150. The molecular weight excluding hydrogens is 442 g/mol. The topological polar surface area (TPSA) is 169 Å². The van der Waals surface area contributed by atoms with E-state index in [4.69, 9.17) is 5.73 Å². The van der Waals surface area contributed by atoms with Gasteiger partial charge in [-0.2, -0.15) is 0 Å². The average Bonchev–Trinajstić information content (AvgIpc) is 2.71. The molecule has 0 heterocycles. The van der Waals surface area contributed by atoms with E-state index in [1.54, 1.807) is 6.07 Å². The van der Waals surface area contributed by atoms with Gasteiger partial charge in [0.25, 0.3) is 0 Å². The summed E-state index contributed by atoms with van der Waals surface area (Å²) in [7, 11) is 0. The fraction of sp³-hybridized carbons (Fsp3) is 0.520. The summed E-state index contributed by atoms with van der Waals surface area (Å²) in [5.41, 5.74) is 3.49. The van der Waals surface area contributed by atoms with E-state index in [9.17, 15) is 39.0 Å². The van der Waals surface area contributed by atoms with Gasteiger partial charge in [-0.15, -0.1) is 0 Å². The van der Waals surface area contributed by atoms with Gasteiger partial charge in [0.1, 0.15) is 11.5 Å². The van der Waals surface area contributed by atoms with Crippen molar-refractivity contribution in [2.75, 3.05) is 0 Å². The zero-order chi connectivity index (χ0) is 25.1. The van der Waals surface area contributed by atoms with Gasteiger partial charge in [0.05, 0.1) is 11.5 Å². The Labute approximate surface area is 195 Å². The number of fused-ring (bicyclic) bond motifs is 3. The van der Waals surface area contributed by atoms with E-state index in [2.05, 4.69) is 0 Å². The van der Waals surface area contributed by atoms with Gasteiger partial charge in [0.15, 0.2) is 34.7 Å². The third-order valence-corrected chi connectivity index (χ3v) is 7.41. The van der Waals surface area contributed by atoms with Gasteiger partial charge in [0.2, 0.25) is 5.91 Å². The highest BCUT2D eigenvalue weighted by atomic mass is 16.3. The first kappa shape index (κ1) is 23.9. The van der Waals surface area contributed by atoms with Crippen LogP contribution in [0.15, 0.2) is 12.1 Å². The van der Waals surface area contributed by atoms with Crippen molar-refractivity contribution >= 4 is 34.8 Å². The van der Waals surface area contributed by atoms with Crippen molar-refractivity contribution in [2.24, 2.45) is 35.3 Å². The van der Waals surface area contributed by atoms with Crippen LogP contribution < -0.4 is 5.73 Å². The number of aliphatic hydroxyl groups is 1. The number of primary amides is 1. The number of hydrogen-bond acceptors (Lipinski definition) is 8. The Morgan fingerprint density at radius 1 is 1.12 bits per heavy atom. The molecule has 2 saturated carbocycles. The molecule has 180 valence electrons. The first-order valence-electron chi connectivity index (χ1n) is 11.4. The number of carbonyl (C=O) groups is 6. The van der Waals surface area contributed by atoms with Crippen LogP contribution in [0.1, 0.15) is 54.6 Å². The Morgan fingerprint density at radius 3 is 2.41 bits per heavy atom. The van der Waals surface area contributed by atoms with Crippen molar-refractivity contribution in [3.63, 3.8) is 0 Å². The van der Waals surface area contributed by atoms with Gasteiger partial charge in [-0.1, -0.05) is 19.9 Å². The highest BCUT2D eigenvalue weighted by Gasteiger charge is 2.66. The van der Waals surface area contributed by atoms with Crippen LogP contribution in [0.3, 0.4) is 0 Å². The molecule has 1 aromatic carbocycles. The van der Waals surface area contributed by atoms with Gasteiger partial charge >= 0.3 is 0 Å². The van der Waals surface area contributed by atoms with E-state index in [0.29, 0.717) is 17.5 Å². The molecule has 5 atom stereocenters. The molecule has 4 rings (SSSR count). The first-order chi connectivity index (χ1) is 15.9. The third-order valence-electron chi connectivity index (χ3n) is 7.41. The third kappa shape index (κ3) is 3.50. The van der Waals surface area contributed by atoms with Gasteiger partial charge in [-0.05, 0) is 41.9 Å². The maximum absolute atomic E-state index is 13.5. The number of phenolic OH excluding ortho intramolecular Hbond substituents is 1. The number of hydrogen-bond donors (Lipinski definition) is 3. The van der Waals surface area contributed by atoms with Gasteiger partial charge in [-0.25, -0.2) is 0 Å². The minimum atomic E-state index is -2.66. The largest absolute Gasteiger partial charge is 0.507 e. The van der Waals surface area contributed by atoms with Gasteiger partial charge in [-0.3, -0.25) is 28.8 Å². The van der Waals surface area contributed by atoms with E-state index >= 15 is 0 Å². The van der Waals surface area contributed by atoms with Crippen LogP contribution in [-0.4, -0.2) is 50.6 Å². The second-order valence-electron chi connectivity index (χ2n) is 10.2. The van der Waals surface area contributed by atoms with E-state index in [1.807, 2.05) is 13.8 Å². The van der Waals surface area contributed by atoms with Crippen molar-refractivity contribution in [1.29, 1.82) is 0 Å². The number of amides is 1. The summed E-state index contributed by atoms with van der Waals surface area (Å²) in [5, 5.41) is 21.6. The molecule has 4 N–H and O–H groups in total. The summed E-state index contributed by atoms with van der Waals surface area (Å²) >= 11 is 0. The standard InChI is InChI=1S/C25H27NO8/c1-10(2)5-14(27)7-11-3-4-16(28)19-15(11)8-12-6-13-9-17(29)20(24(26)33)23(32)25(13,34)22(31)18(12)21(19)30/h3-4,10,12-13,18,20,28,34H,5-9H2,1-2H3,(H2,26,33)/t12-,13+,18?,20?,25+/m1/s1. The van der Waals surface area contributed by atoms with Crippen LogP contribution in [0.4, 0.5) is 0 Å². The molecule has 0 bridgehead atoms. The molecule has 3 aliphatic carbocycles. The summed E-state index contributed by atoms with van der Waals surface area (Å²) in [6.07, 6.45) is 0.241. The molecule has 1 aromatic rings. The summed E-state index contributed by atoms with van der Waals surface area (Å²) < 4.78 is 0. The van der Waals surface area contributed by atoms with Crippen molar-refractivity contribution in [3.8, 4) is 5.75 Å². The predicted molar refractivity (Wildman–Crippen MR) is 117 cm³/mol. The van der Waals surface area contributed by atoms with E-state index in [-0.39, 0.29) is 48.7 Å². The molecule has 2 fully saturated rings. The normalized spacial score (nSPS) is 30.6. The number of Topliss-reactive ketones (excluding diaryl/α,β-unsaturated/α-hetero) is 5. The van der Waals surface area contributed by atoms with Crippen LogP contribution in [0.5, 0.6) is 5.75 Å². The van der Waals surface area contributed by atoms with E-state index in [0.717, 1.165) is 0 Å². The highest BCUT2D eigenvalue weighted by molar-refractivity contribution is 6.31. The molecule has 0 aliphatic heterocycles. The molecule has 1 amide bonds. The van der Waals surface area contributed by atoms with Gasteiger partial charge in [0, 0.05) is 25.2 Å². The van der Waals surface area contributed by atoms with E-state index < -0.39 is 58.3 Å². The Balaban J connectivity index is 1.74. The summed E-state index contributed by atoms with van der Waals surface area (Å²) in [5.74, 6) is -10.3. The second-order valence-corrected chi connectivity index (χ2v) is 10.2. The summed E-state index contributed by atoms with van der Waals surface area (Å²) in [4.78, 5) is 76.3. The number of ketones is 5. The highest BCUT2D eigenvalue weighted by Crippen LogP contribution is 2.50. The van der Waals surface area contributed by atoms with Crippen LogP contribution >= 0.6 is 0 Å². The van der Waals surface area contributed by atoms with Gasteiger partial charge < -0.3 is 15.9 Å². The Kier molecular flexibility index (Phi) is 5.80. The number of phenols is 1. The zero-order valence-electron chi connectivity index (χ0n) is 19.0. The van der Waals surface area contributed by atoms with Crippen molar-refractivity contribution in [3.05, 3.63) is 28.8 Å². The second kappa shape index (κ2) is 8.23. The molecular formula is C25H27NO8. The molecule has 2 unspecified atom stereocenters. The van der Waals surface area contributed by atoms with Crippen molar-refractivity contribution < 1.29 is 39.0 Å². The number of carbonyl (C=O) groups excluding carboxylic acids is 6. The number of rotatable bonds is 5. The monoisotopic (exact) mass is 469 g/mol. The smallest absolute Gasteiger partial charge is 0.235 e. The Hall–Kier alpha value is -3.20. The molecule has 0 spiro atoms. The lowest BCUT2D eigenvalue weighted by Gasteiger charge is -2.48. The molecule has 9 nitrogen and oxygen atoms in total. The summed E-state index contributed by atoms with van der Waals surface area (Å²) in [6.45, 7) is 3.84. The lowest BCUT2D eigenvalue weighted by molar-refractivity contribution is -0.175. The van der Waals surface area contributed by atoms with Crippen LogP contribution in [0, 0.1) is 29.6 Å². The number of aromatic hydroxyl groups is 1. The predicted octanol–water partition coefficient (Wildman–Crippen LogP) is 0.485. The molecule has 3 aliphatic rings. The van der Waals surface area contributed by atoms with Crippen LogP contribution in [-0.2, 0) is 36.8 Å². The lowest BCUT2D eigenvalue weighted by Crippen LogP contribution is -2.68. The maximum Gasteiger partial charge on any atom is 0.235 e. The minimum absolute atomic E-state index is 0.0208. The average molecular weight is 469 g/mol. The fourth-order valence-corrected chi connectivity index (χ4v) is 5.94. The van der Waals surface area contributed by atoms with Crippen molar-refractivity contribution in [2.45, 2.75) is 51.6 Å².